The molecule has 1 aromatic rings. The highest BCUT2D eigenvalue weighted by atomic mass is 32.2. The van der Waals surface area contributed by atoms with Gasteiger partial charge in [0.2, 0.25) is 0 Å². The van der Waals surface area contributed by atoms with Gasteiger partial charge in [0, 0.05) is 12.7 Å². The van der Waals surface area contributed by atoms with Crippen molar-refractivity contribution in [2.24, 2.45) is 0 Å². The number of hydrogen-bond donors (Lipinski definition) is 0. The van der Waals surface area contributed by atoms with E-state index in [2.05, 4.69) is 4.98 Å². The van der Waals surface area contributed by atoms with E-state index in [1.807, 2.05) is 0 Å². The molecule has 5 heteroatoms. The highest BCUT2D eigenvalue weighted by molar-refractivity contribution is 7.91. The summed E-state index contributed by atoms with van der Waals surface area (Å²) < 4.78 is 23.2. The Labute approximate surface area is 84.1 Å². The molecule has 0 saturated heterocycles. The van der Waals surface area contributed by atoms with Gasteiger partial charge in [0.1, 0.15) is 0 Å². The van der Waals surface area contributed by atoms with Crippen LogP contribution in [-0.2, 0) is 16.4 Å². The number of pyridine rings is 1. The van der Waals surface area contributed by atoms with E-state index < -0.39 is 15.1 Å². The van der Waals surface area contributed by atoms with Crippen LogP contribution in [0.15, 0.2) is 23.4 Å². The van der Waals surface area contributed by atoms with Gasteiger partial charge in [-0.1, -0.05) is 6.07 Å². The van der Waals surface area contributed by atoms with E-state index in [1.165, 1.54) is 12.3 Å². The minimum absolute atomic E-state index is 0.0877. The Morgan fingerprint density at radius 2 is 2.07 bits per heavy atom. The summed E-state index contributed by atoms with van der Waals surface area (Å²) in [7, 11) is -3.27. The fraction of sp³-hybridized carbons (Fsp3) is 0.444. The molecule has 0 unspecified atom stereocenters. The van der Waals surface area contributed by atoms with Gasteiger partial charge < -0.3 is 0 Å². The first-order valence-corrected chi connectivity index (χ1v) is 5.86. The Morgan fingerprint density at radius 3 is 2.43 bits per heavy atom. The van der Waals surface area contributed by atoms with Gasteiger partial charge >= 0.3 is 0 Å². The number of aromatic nitrogens is 1. The molecule has 1 rings (SSSR count). The summed E-state index contributed by atoms with van der Waals surface area (Å²) in [4.78, 5) is 3.83. The minimum Gasteiger partial charge on any atom is -0.253 e. The van der Waals surface area contributed by atoms with Crippen LogP contribution in [0.25, 0.3) is 0 Å². The number of sulfone groups is 1. The molecule has 0 amide bonds. The van der Waals surface area contributed by atoms with Gasteiger partial charge in [-0.3, -0.25) is 5.73 Å². The molecule has 0 aliphatic rings. The van der Waals surface area contributed by atoms with Crippen LogP contribution in [0.3, 0.4) is 0 Å². The summed E-state index contributed by atoms with van der Waals surface area (Å²) in [5.74, 6) is 0. The van der Waals surface area contributed by atoms with E-state index >= 15 is 0 Å². The third kappa shape index (κ3) is 2.10. The van der Waals surface area contributed by atoms with Gasteiger partial charge in [-0.2, -0.15) is 0 Å². The molecule has 0 bridgehead atoms. The van der Waals surface area contributed by atoms with E-state index in [-0.39, 0.29) is 11.6 Å². The lowest BCUT2D eigenvalue weighted by Crippen LogP contribution is -2.15. The van der Waals surface area contributed by atoms with Crippen molar-refractivity contribution in [3.63, 3.8) is 0 Å². The molecular formula is C9H13N2O2S. The Balaban J connectivity index is 3.10. The summed E-state index contributed by atoms with van der Waals surface area (Å²) in [5, 5.41) is -0.374. The van der Waals surface area contributed by atoms with Crippen LogP contribution in [0.5, 0.6) is 0 Å². The standard InChI is InChI=1S/C9H13N2O2S/c1-7(2)14(12,13)9-4-3-8(5-10)6-11-9/h3-4,6-7,10H,5H2,1-2H3. The van der Waals surface area contributed by atoms with Crippen molar-refractivity contribution in [1.82, 2.24) is 10.7 Å². The van der Waals surface area contributed by atoms with Gasteiger partial charge in [0.25, 0.3) is 0 Å². The highest BCUT2D eigenvalue weighted by Gasteiger charge is 2.19. The summed E-state index contributed by atoms with van der Waals surface area (Å²) in [5.41, 5.74) is 7.78. The van der Waals surface area contributed by atoms with Gasteiger partial charge in [-0.05, 0) is 25.5 Å². The van der Waals surface area contributed by atoms with Crippen LogP contribution >= 0.6 is 0 Å². The quantitative estimate of drug-likeness (QED) is 0.753. The molecule has 0 aliphatic carbocycles. The van der Waals surface area contributed by atoms with E-state index in [9.17, 15) is 8.42 Å². The molecule has 0 saturated carbocycles. The molecule has 0 spiro atoms. The van der Waals surface area contributed by atoms with Crippen LogP contribution in [0.2, 0.25) is 0 Å². The van der Waals surface area contributed by atoms with E-state index in [1.54, 1.807) is 19.9 Å². The second-order valence-electron chi connectivity index (χ2n) is 3.28. The van der Waals surface area contributed by atoms with Crippen LogP contribution in [0, 0.1) is 0 Å². The molecule has 77 valence electrons. The Hall–Kier alpha value is -0.940. The lowest BCUT2D eigenvalue weighted by atomic mass is 10.3. The normalized spacial score (nSPS) is 12.0. The Bertz CT molecular complexity index is 395. The molecule has 0 aromatic carbocycles. The lowest BCUT2D eigenvalue weighted by Gasteiger charge is -2.06. The largest absolute Gasteiger partial charge is 0.253 e. The highest BCUT2D eigenvalue weighted by Crippen LogP contribution is 2.13. The van der Waals surface area contributed by atoms with Gasteiger partial charge in [-0.25, -0.2) is 13.4 Å². The van der Waals surface area contributed by atoms with Crippen molar-refractivity contribution in [2.75, 3.05) is 0 Å². The second kappa shape index (κ2) is 4.06. The maximum absolute atomic E-state index is 11.6. The monoisotopic (exact) mass is 213 g/mol. The number of nitrogens with zero attached hydrogens (tertiary/aromatic N) is 1. The summed E-state index contributed by atoms with van der Waals surface area (Å²) in [6.45, 7) is 3.36. The minimum atomic E-state index is -3.27. The Morgan fingerprint density at radius 1 is 1.43 bits per heavy atom. The molecule has 1 radical (unpaired) electrons. The average molecular weight is 213 g/mol. The van der Waals surface area contributed by atoms with Crippen LogP contribution in [-0.4, -0.2) is 18.7 Å². The van der Waals surface area contributed by atoms with Crippen molar-refractivity contribution >= 4 is 9.84 Å². The molecular weight excluding hydrogens is 200 g/mol. The zero-order valence-electron chi connectivity index (χ0n) is 8.19. The van der Waals surface area contributed by atoms with E-state index in [0.717, 1.165) is 0 Å². The van der Waals surface area contributed by atoms with Crippen molar-refractivity contribution < 1.29 is 8.42 Å². The smallest absolute Gasteiger partial charge is 0.197 e. The first kappa shape index (κ1) is 11.1. The summed E-state index contributed by atoms with van der Waals surface area (Å²) in [6, 6.07) is 3.08. The number of rotatable bonds is 3. The van der Waals surface area contributed by atoms with Gasteiger partial charge in [-0.15, -0.1) is 0 Å². The first-order valence-electron chi connectivity index (χ1n) is 4.32. The second-order valence-corrected chi connectivity index (χ2v) is 5.73. The first-order chi connectivity index (χ1) is 6.48. The van der Waals surface area contributed by atoms with Crippen LogP contribution < -0.4 is 5.73 Å². The predicted molar refractivity (Wildman–Crippen MR) is 53.4 cm³/mol. The number of hydrogen-bond acceptors (Lipinski definition) is 3. The molecule has 4 nitrogen and oxygen atoms in total. The molecule has 0 fully saturated rings. The van der Waals surface area contributed by atoms with Crippen LogP contribution in [0.1, 0.15) is 19.4 Å². The van der Waals surface area contributed by atoms with Crippen molar-refractivity contribution in [3.8, 4) is 0 Å². The maximum Gasteiger partial charge on any atom is 0.197 e. The Kier molecular flexibility index (Phi) is 3.23. The van der Waals surface area contributed by atoms with E-state index in [4.69, 9.17) is 5.73 Å². The van der Waals surface area contributed by atoms with Gasteiger partial charge in [0.15, 0.2) is 14.9 Å². The molecule has 1 aromatic heterocycles. The van der Waals surface area contributed by atoms with Crippen molar-refractivity contribution in [2.45, 2.75) is 30.7 Å². The lowest BCUT2D eigenvalue weighted by molar-refractivity contribution is 0.583. The molecule has 14 heavy (non-hydrogen) atoms. The predicted octanol–water partition coefficient (Wildman–Crippen LogP) is 1.05. The fourth-order valence-corrected chi connectivity index (χ4v) is 1.87. The molecule has 0 atom stereocenters. The molecule has 0 aliphatic heterocycles. The maximum atomic E-state index is 11.6. The average Bonchev–Trinajstić information content (AvgIpc) is 2.17. The third-order valence-electron chi connectivity index (χ3n) is 1.91. The fourth-order valence-electron chi connectivity index (χ4n) is 0.925. The number of nitrogens with one attached hydrogen (secondary N) is 1. The molecule has 1 heterocycles. The SMILES string of the molecule is CC(C)S(=O)(=O)c1ccc(C[NH])cn1. The van der Waals surface area contributed by atoms with Gasteiger partial charge in [0.05, 0.1) is 5.25 Å². The summed E-state index contributed by atoms with van der Waals surface area (Å²) in [6.07, 6.45) is 1.43. The third-order valence-corrected chi connectivity index (χ3v) is 3.98. The molecule has 1 N–H and O–H groups in total. The van der Waals surface area contributed by atoms with Crippen LogP contribution in [0.4, 0.5) is 0 Å². The zero-order chi connectivity index (χ0) is 10.8. The van der Waals surface area contributed by atoms with E-state index in [0.29, 0.717) is 5.56 Å². The topological polar surface area (TPSA) is 70.8 Å². The van der Waals surface area contributed by atoms with Crippen molar-refractivity contribution in [3.05, 3.63) is 23.9 Å². The van der Waals surface area contributed by atoms with Crippen molar-refractivity contribution in [1.29, 1.82) is 0 Å². The summed E-state index contributed by atoms with van der Waals surface area (Å²) >= 11 is 0. The zero-order valence-corrected chi connectivity index (χ0v) is 9.00.